The third-order valence-corrected chi connectivity index (χ3v) is 2.95. The minimum atomic E-state index is -2.15. The van der Waals surface area contributed by atoms with Gasteiger partial charge in [0.15, 0.2) is 0 Å². The lowest BCUT2D eigenvalue weighted by Crippen LogP contribution is -2.00. The predicted molar refractivity (Wildman–Crippen MR) is 69.7 cm³/mol. The van der Waals surface area contributed by atoms with Crippen LogP contribution in [0.1, 0.15) is 18.9 Å². The van der Waals surface area contributed by atoms with E-state index in [2.05, 4.69) is 4.98 Å². The third-order valence-electron chi connectivity index (χ3n) is 2.21. The highest BCUT2D eigenvalue weighted by atomic mass is 31.1. The first kappa shape index (κ1) is 14.5. The fourth-order valence-corrected chi connectivity index (χ4v) is 1.76. The molecule has 0 aliphatic carbocycles. The Hall–Kier alpha value is -1.55. The molecule has 2 aromatic rings. The summed E-state index contributed by atoms with van der Waals surface area (Å²) in [4.78, 5) is 12.5. The maximum absolute atomic E-state index is 10.3. The van der Waals surface area contributed by atoms with Crippen molar-refractivity contribution in [3.8, 4) is 0 Å². The normalized spacial score (nSPS) is 12.3. The number of aryl methyl sites for hydroxylation is 1. The second kappa shape index (κ2) is 7.01. The Balaban J connectivity index is 0.000000180. The summed E-state index contributed by atoms with van der Waals surface area (Å²) < 4.78 is 12.1. The number of hydrogen-bond acceptors (Lipinski definition) is 3. The van der Waals surface area contributed by atoms with Crippen LogP contribution in [0.3, 0.4) is 0 Å². The molecule has 0 spiro atoms. The average molecular weight is 267 g/mol. The first-order valence-corrected chi connectivity index (χ1v) is 6.60. The molecule has 1 heterocycles. The van der Waals surface area contributed by atoms with Crippen molar-refractivity contribution in [3.05, 3.63) is 48.5 Å². The van der Waals surface area contributed by atoms with Gasteiger partial charge in [-0.05, 0) is 23.6 Å². The largest absolute Gasteiger partial charge is 0.546 e. The van der Waals surface area contributed by atoms with E-state index in [1.165, 1.54) is 0 Å². The molecule has 0 amide bonds. The third kappa shape index (κ3) is 4.37. The van der Waals surface area contributed by atoms with Gasteiger partial charge in [0.25, 0.3) is 0 Å². The smallest absolute Gasteiger partial charge is 0.385 e. The summed E-state index contributed by atoms with van der Waals surface area (Å²) in [5.74, 6) is 0.704. The van der Waals surface area contributed by atoms with Crippen molar-refractivity contribution in [2.75, 3.05) is 0 Å². The van der Waals surface area contributed by atoms with Gasteiger partial charge in [0.1, 0.15) is 11.9 Å². The van der Waals surface area contributed by atoms with Crippen molar-refractivity contribution in [1.29, 1.82) is 0 Å². The van der Waals surface area contributed by atoms with Crippen LogP contribution >= 0.6 is 8.03 Å². The zero-order valence-electron chi connectivity index (χ0n) is 10.3. The van der Waals surface area contributed by atoms with Crippen LogP contribution in [-0.2, 0) is 11.6 Å². The molecule has 0 saturated heterocycles. The predicted octanol–water partition coefficient (Wildman–Crippen LogP) is 1.52. The molecule has 1 aromatic carbocycles. The highest BCUT2D eigenvalue weighted by molar-refractivity contribution is 7.47. The number of benzene rings is 1. The van der Waals surface area contributed by atoms with Crippen LogP contribution in [0, 0.1) is 0 Å². The van der Waals surface area contributed by atoms with Crippen LogP contribution in [0.15, 0.2) is 42.7 Å². The van der Waals surface area contributed by atoms with E-state index >= 15 is 0 Å². The standard InChI is InChI=1S/C6H10N2O.C6H5O2P/c1-5(9)6-7-3-4-8(6)2;7-9(8)6-4-2-1-3-5-6/h3-5,9H,1-2H3;1-5H/p+1. The first-order valence-electron chi connectivity index (χ1n) is 5.39. The highest BCUT2D eigenvalue weighted by Gasteiger charge is 2.12. The number of hydrogen-bond donors (Lipinski definition) is 2. The maximum atomic E-state index is 10.3. The van der Waals surface area contributed by atoms with Crippen LogP contribution in [0.4, 0.5) is 0 Å². The molecule has 0 fully saturated rings. The monoisotopic (exact) mass is 267 g/mol. The second-order valence-corrected chi connectivity index (χ2v) is 4.74. The van der Waals surface area contributed by atoms with E-state index in [1.807, 2.05) is 19.3 Å². The lowest BCUT2D eigenvalue weighted by Gasteiger charge is -2.01. The number of aliphatic hydroxyl groups excluding tert-OH is 1. The topological polar surface area (TPSA) is 75.4 Å². The van der Waals surface area contributed by atoms with Gasteiger partial charge in [-0.25, -0.2) is 4.98 Å². The second-order valence-electron chi connectivity index (χ2n) is 3.68. The highest BCUT2D eigenvalue weighted by Crippen LogP contribution is 2.10. The summed E-state index contributed by atoms with van der Waals surface area (Å²) in [7, 11) is -0.289. The Morgan fingerprint density at radius 2 is 1.94 bits per heavy atom. The van der Waals surface area contributed by atoms with Crippen molar-refractivity contribution in [3.63, 3.8) is 0 Å². The lowest BCUT2D eigenvalue weighted by atomic mass is 10.4. The molecule has 5 nitrogen and oxygen atoms in total. The van der Waals surface area contributed by atoms with Crippen LogP contribution in [0.5, 0.6) is 0 Å². The zero-order valence-corrected chi connectivity index (χ0v) is 11.2. The summed E-state index contributed by atoms with van der Waals surface area (Å²) in [5.41, 5.74) is 0. The number of aromatic nitrogens is 2. The molecule has 2 unspecified atom stereocenters. The van der Waals surface area contributed by atoms with Gasteiger partial charge in [-0.15, -0.1) is 0 Å². The van der Waals surface area contributed by atoms with Crippen molar-refractivity contribution in [2.24, 2.45) is 7.05 Å². The number of rotatable bonds is 2. The van der Waals surface area contributed by atoms with Gasteiger partial charge < -0.3 is 9.67 Å². The quantitative estimate of drug-likeness (QED) is 0.809. The molecular weight excluding hydrogens is 251 g/mol. The van der Waals surface area contributed by atoms with E-state index in [0.717, 1.165) is 0 Å². The number of aliphatic hydroxyl groups is 1. The maximum Gasteiger partial charge on any atom is 0.546 e. The Bertz CT molecular complexity index is 497. The molecule has 2 atom stereocenters. The molecule has 2 N–H and O–H groups in total. The first-order chi connectivity index (χ1) is 8.52. The summed E-state index contributed by atoms with van der Waals surface area (Å²) >= 11 is 0. The van der Waals surface area contributed by atoms with Gasteiger partial charge in [-0.2, -0.15) is 4.89 Å². The molecule has 18 heavy (non-hydrogen) atoms. The molecule has 0 saturated carbocycles. The van der Waals surface area contributed by atoms with E-state index in [4.69, 9.17) is 10.00 Å². The van der Waals surface area contributed by atoms with Crippen molar-refractivity contribution < 1.29 is 14.6 Å². The Morgan fingerprint density at radius 1 is 1.33 bits per heavy atom. The summed E-state index contributed by atoms with van der Waals surface area (Å²) in [6.07, 6.45) is 3.01. The van der Waals surface area contributed by atoms with E-state index < -0.39 is 14.1 Å². The Kier molecular flexibility index (Phi) is 5.65. The van der Waals surface area contributed by atoms with Gasteiger partial charge in [0.05, 0.1) is 0 Å². The van der Waals surface area contributed by atoms with Gasteiger partial charge in [0.2, 0.25) is 5.30 Å². The Morgan fingerprint density at radius 3 is 2.22 bits per heavy atom. The fraction of sp³-hybridized carbons (Fsp3) is 0.250. The van der Waals surface area contributed by atoms with Crippen LogP contribution in [0.25, 0.3) is 0 Å². The van der Waals surface area contributed by atoms with Gasteiger partial charge in [-0.3, -0.25) is 0 Å². The van der Waals surface area contributed by atoms with Crippen LogP contribution < -0.4 is 5.30 Å². The summed E-state index contributed by atoms with van der Waals surface area (Å²) in [5, 5.41) is 9.49. The van der Waals surface area contributed by atoms with Crippen molar-refractivity contribution in [2.45, 2.75) is 13.0 Å². The molecule has 2 rings (SSSR count). The molecule has 6 heteroatoms. The van der Waals surface area contributed by atoms with E-state index in [1.54, 1.807) is 42.0 Å². The van der Waals surface area contributed by atoms with Gasteiger partial charge >= 0.3 is 8.03 Å². The molecular formula is C12H16N2O3P+. The molecule has 96 valence electrons. The summed E-state index contributed by atoms with van der Waals surface area (Å²) in [6, 6.07) is 8.53. The van der Waals surface area contributed by atoms with Gasteiger partial charge in [0, 0.05) is 19.4 Å². The van der Waals surface area contributed by atoms with E-state index in [9.17, 15) is 4.57 Å². The minimum Gasteiger partial charge on any atom is -0.385 e. The van der Waals surface area contributed by atoms with Crippen molar-refractivity contribution >= 4 is 13.3 Å². The summed E-state index contributed by atoms with van der Waals surface area (Å²) in [6.45, 7) is 1.70. The van der Waals surface area contributed by atoms with Crippen LogP contribution in [0.2, 0.25) is 0 Å². The molecule has 0 radical (unpaired) electrons. The van der Waals surface area contributed by atoms with Crippen LogP contribution in [-0.4, -0.2) is 19.6 Å². The zero-order chi connectivity index (χ0) is 13.5. The minimum absolute atomic E-state index is 0.468. The Labute approximate surface area is 107 Å². The van der Waals surface area contributed by atoms with Gasteiger partial charge in [-0.1, -0.05) is 18.2 Å². The molecule has 0 aliphatic heterocycles. The SMILES string of the molecule is CC(O)c1nccn1C.O=[P+](O)c1ccccc1. The number of imidazole rings is 1. The van der Waals surface area contributed by atoms with E-state index in [-0.39, 0.29) is 0 Å². The molecule has 0 aliphatic rings. The van der Waals surface area contributed by atoms with Crippen molar-refractivity contribution in [1.82, 2.24) is 9.55 Å². The molecule has 0 bridgehead atoms. The fourth-order valence-electron chi connectivity index (χ4n) is 1.34. The molecule has 1 aromatic heterocycles. The number of nitrogens with zero attached hydrogens (tertiary/aromatic N) is 2. The average Bonchev–Trinajstić information content (AvgIpc) is 2.77. The lowest BCUT2D eigenvalue weighted by molar-refractivity contribution is 0.185. The van der Waals surface area contributed by atoms with E-state index in [0.29, 0.717) is 11.1 Å².